The second-order valence-electron chi connectivity index (χ2n) is 5.65. The topological polar surface area (TPSA) is 36.9 Å². The Morgan fingerprint density at radius 1 is 1.42 bits per heavy atom. The lowest BCUT2D eigenvalue weighted by molar-refractivity contribution is -0.137. The van der Waals surface area contributed by atoms with Crippen molar-refractivity contribution in [3.05, 3.63) is 35.4 Å². The van der Waals surface area contributed by atoms with Gasteiger partial charge in [-0.2, -0.15) is 13.2 Å². The van der Waals surface area contributed by atoms with Crippen LogP contribution in [0, 0.1) is 5.92 Å². The summed E-state index contributed by atoms with van der Waals surface area (Å²) in [6, 6.07) is 5.34. The Morgan fingerprint density at radius 3 is 2.79 bits per heavy atom. The van der Waals surface area contributed by atoms with Gasteiger partial charge in [-0.1, -0.05) is 12.1 Å². The summed E-state index contributed by atoms with van der Waals surface area (Å²) in [5.74, 6) is 1.17. The van der Waals surface area contributed by atoms with Crippen LogP contribution in [0.2, 0.25) is 0 Å². The van der Waals surface area contributed by atoms with Gasteiger partial charge in [0.15, 0.2) is 5.96 Å². The zero-order chi connectivity index (χ0) is 16.9. The smallest absolute Gasteiger partial charge is 0.384 e. The molecule has 1 aliphatic rings. The number of ether oxygens (including phenoxy) is 1. The van der Waals surface area contributed by atoms with E-state index < -0.39 is 11.7 Å². The van der Waals surface area contributed by atoms with E-state index in [0.717, 1.165) is 31.6 Å². The van der Waals surface area contributed by atoms with E-state index in [9.17, 15) is 13.2 Å². The molecule has 8 heteroatoms. The molecule has 24 heavy (non-hydrogen) atoms. The van der Waals surface area contributed by atoms with Crippen molar-refractivity contribution in [3.63, 3.8) is 0 Å². The normalized spacial score (nSPS) is 18.5. The van der Waals surface area contributed by atoms with Gasteiger partial charge in [-0.05, 0) is 24.1 Å². The SMILES string of the molecule is CN=C(NCc1cccc(C(F)(F)F)c1)N1CCC(COC)C1.I. The molecule has 0 spiro atoms. The molecule has 1 saturated heterocycles. The number of methoxy groups -OCH3 is 1. The number of guanidine groups is 1. The monoisotopic (exact) mass is 457 g/mol. The van der Waals surface area contributed by atoms with E-state index in [1.807, 2.05) is 0 Å². The number of benzene rings is 1. The summed E-state index contributed by atoms with van der Waals surface area (Å²) in [5.41, 5.74) is -0.0540. The molecule has 1 fully saturated rings. The average Bonchev–Trinajstić information content (AvgIpc) is 2.96. The maximum atomic E-state index is 12.7. The third kappa shape index (κ3) is 5.80. The predicted octanol–water partition coefficient (Wildman–Crippen LogP) is 3.37. The first-order valence-electron chi connectivity index (χ1n) is 7.54. The van der Waals surface area contributed by atoms with E-state index in [2.05, 4.69) is 15.2 Å². The first-order chi connectivity index (χ1) is 10.9. The second-order valence-corrected chi connectivity index (χ2v) is 5.65. The molecule has 1 heterocycles. The Morgan fingerprint density at radius 2 is 2.17 bits per heavy atom. The van der Waals surface area contributed by atoms with Crippen molar-refractivity contribution < 1.29 is 17.9 Å². The minimum absolute atomic E-state index is 0. The third-order valence-electron chi connectivity index (χ3n) is 3.90. The molecule has 136 valence electrons. The first-order valence-corrected chi connectivity index (χ1v) is 7.54. The number of hydrogen-bond acceptors (Lipinski definition) is 2. The number of nitrogens with one attached hydrogen (secondary N) is 1. The molecule has 0 amide bonds. The van der Waals surface area contributed by atoms with Crippen LogP contribution < -0.4 is 5.32 Å². The van der Waals surface area contributed by atoms with Crippen molar-refractivity contribution in [1.29, 1.82) is 0 Å². The van der Waals surface area contributed by atoms with Crippen molar-refractivity contribution in [2.24, 2.45) is 10.9 Å². The lowest BCUT2D eigenvalue weighted by Gasteiger charge is -2.22. The van der Waals surface area contributed by atoms with Gasteiger partial charge in [-0.25, -0.2) is 0 Å². The standard InChI is InChI=1S/C16H22F3N3O.HI/c1-20-15(22-7-6-13(10-22)11-23-2)21-9-12-4-3-5-14(8-12)16(17,18)19;/h3-5,8,13H,6-7,9-11H2,1-2H3,(H,20,21);1H. The fourth-order valence-corrected chi connectivity index (χ4v) is 2.77. The summed E-state index contributed by atoms with van der Waals surface area (Å²) in [6.45, 7) is 2.73. The number of rotatable bonds is 4. The highest BCUT2D eigenvalue weighted by Crippen LogP contribution is 2.29. The Labute approximate surface area is 157 Å². The lowest BCUT2D eigenvalue weighted by Crippen LogP contribution is -2.39. The van der Waals surface area contributed by atoms with Crippen LogP contribution in [0.1, 0.15) is 17.5 Å². The summed E-state index contributed by atoms with van der Waals surface area (Å²) >= 11 is 0. The van der Waals surface area contributed by atoms with E-state index in [4.69, 9.17) is 4.74 Å². The van der Waals surface area contributed by atoms with Gasteiger partial charge in [0.1, 0.15) is 0 Å². The second kappa shape index (κ2) is 9.45. The summed E-state index contributed by atoms with van der Waals surface area (Å²) in [4.78, 5) is 6.33. The Kier molecular flexibility index (Phi) is 8.28. The van der Waals surface area contributed by atoms with Crippen LogP contribution >= 0.6 is 24.0 Å². The summed E-state index contributed by atoms with van der Waals surface area (Å²) in [7, 11) is 3.36. The van der Waals surface area contributed by atoms with Crippen LogP contribution in [0.3, 0.4) is 0 Å². The van der Waals surface area contributed by atoms with Gasteiger partial charge in [-0.3, -0.25) is 4.99 Å². The molecule has 0 saturated carbocycles. The van der Waals surface area contributed by atoms with Crippen LogP contribution in [-0.4, -0.2) is 44.7 Å². The molecule has 1 aromatic carbocycles. The zero-order valence-electron chi connectivity index (χ0n) is 13.8. The summed E-state index contributed by atoms with van der Waals surface area (Å²) < 4.78 is 43.4. The molecule has 1 N–H and O–H groups in total. The van der Waals surface area contributed by atoms with Crippen molar-refractivity contribution >= 4 is 29.9 Å². The molecule has 0 radical (unpaired) electrons. The number of alkyl halides is 3. The van der Waals surface area contributed by atoms with E-state index in [0.29, 0.717) is 30.6 Å². The molecule has 0 aromatic heterocycles. The molecule has 0 aliphatic carbocycles. The van der Waals surface area contributed by atoms with Gasteiger partial charge in [0.05, 0.1) is 12.2 Å². The van der Waals surface area contributed by atoms with Crippen LogP contribution in [0.25, 0.3) is 0 Å². The molecule has 0 bridgehead atoms. The molecule has 1 unspecified atom stereocenters. The van der Waals surface area contributed by atoms with E-state index in [-0.39, 0.29) is 24.0 Å². The predicted molar refractivity (Wildman–Crippen MR) is 98.6 cm³/mol. The highest BCUT2D eigenvalue weighted by Gasteiger charge is 2.30. The number of aliphatic imine (C=N–C) groups is 1. The van der Waals surface area contributed by atoms with Crippen molar-refractivity contribution in [2.75, 3.05) is 33.9 Å². The molecule has 1 aliphatic heterocycles. The van der Waals surface area contributed by atoms with Crippen molar-refractivity contribution in [2.45, 2.75) is 19.1 Å². The summed E-state index contributed by atoms with van der Waals surface area (Å²) in [5, 5.41) is 3.14. The average molecular weight is 457 g/mol. The molecule has 4 nitrogen and oxygen atoms in total. The van der Waals surface area contributed by atoms with Crippen molar-refractivity contribution in [1.82, 2.24) is 10.2 Å². The minimum atomic E-state index is -4.32. The quantitative estimate of drug-likeness (QED) is 0.428. The van der Waals surface area contributed by atoms with Gasteiger partial charge in [0.2, 0.25) is 0 Å². The molecular weight excluding hydrogens is 434 g/mol. The number of halogens is 4. The van der Waals surface area contributed by atoms with Crippen LogP contribution in [0.5, 0.6) is 0 Å². The maximum absolute atomic E-state index is 12.7. The fraction of sp³-hybridized carbons (Fsp3) is 0.562. The number of hydrogen-bond donors (Lipinski definition) is 1. The van der Waals surface area contributed by atoms with Crippen molar-refractivity contribution in [3.8, 4) is 0 Å². The first kappa shape index (κ1) is 21.0. The van der Waals surface area contributed by atoms with E-state index in [1.54, 1.807) is 20.2 Å². The van der Waals surface area contributed by atoms with Gasteiger partial charge in [-0.15, -0.1) is 24.0 Å². The van der Waals surface area contributed by atoms with Crippen LogP contribution in [0.15, 0.2) is 29.3 Å². The van der Waals surface area contributed by atoms with Crippen LogP contribution in [0.4, 0.5) is 13.2 Å². The highest BCUT2D eigenvalue weighted by atomic mass is 127. The Balaban J connectivity index is 0.00000288. The number of likely N-dealkylation sites (tertiary alicyclic amines) is 1. The van der Waals surface area contributed by atoms with E-state index in [1.165, 1.54) is 6.07 Å². The Hall–Kier alpha value is -1.03. The van der Waals surface area contributed by atoms with Gasteiger partial charge in [0.25, 0.3) is 0 Å². The summed E-state index contributed by atoms with van der Waals surface area (Å²) in [6.07, 6.45) is -3.29. The maximum Gasteiger partial charge on any atom is 0.416 e. The molecule has 1 aromatic rings. The highest BCUT2D eigenvalue weighted by molar-refractivity contribution is 14.0. The minimum Gasteiger partial charge on any atom is -0.384 e. The van der Waals surface area contributed by atoms with E-state index >= 15 is 0 Å². The lowest BCUT2D eigenvalue weighted by atomic mass is 10.1. The number of nitrogens with zero attached hydrogens (tertiary/aromatic N) is 2. The van der Waals surface area contributed by atoms with Crippen LogP contribution in [-0.2, 0) is 17.5 Å². The zero-order valence-corrected chi connectivity index (χ0v) is 16.1. The largest absolute Gasteiger partial charge is 0.416 e. The van der Waals surface area contributed by atoms with Gasteiger partial charge in [0, 0.05) is 39.7 Å². The fourth-order valence-electron chi connectivity index (χ4n) is 2.77. The third-order valence-corrected chi connectivity index (χ3v) is 3.90. The van der Waals surface area contributed by atoms with Gasteiger partial charge < -0.3 is 15.0 Å². The Bertz CT molecular complexity index is 552. The molecule has 2 rings (SSSR count). The van der Waals surface area contributed by atoms with Gasteiger partial charge >= 0.3 is 6.18 Å². The molecular formula is C16H23F3IN3O. The molecule has 1 atom stereocenters.